The van der Waals surface area contributed by atoms with Crippen LogP contribution in [0.3, 0.4) is 0 Å². The number of ether oxygens (including phenoxy) is 3. The summed E-state index contributed by atoms with van der Waals surface area (Å²) in [5, 5.41) is 0. The van der Waals surface area contributed by atoms with Crippen molar-refractivity contribution in [3.63, 3.8) is 0 Å². The number of carbonyl (C=O) groups excluding carboxylic acids is 1. The van der Waals surface area contributed by atoms with Crippen molar-refractivity contribution >= 4 is 17.2 Å². The number of pyridine rings is 1. The molecule has 2 aromatic heterocycles. The first-order chi connectivity index (χ1) is 15.8. The van der Waals surface area contributed by atoms with E-state index in [1.165, 1.54) is 0 Å². The lowest BCUT2D eigenvalue weighted by Crippen LogP contribution is -2.35. The number of hydrogen-bond donors (Lipinski definition) is 0. The molecule has 1 fully saturated rings. The van der Waals surface area contributed by atoms with E-state index in [2.05, 4.69) is 41.1 Å². The number of rotatable bonds is 6. The van der Waals surface area contributed by atoms with Gasteiger partial charge in [0.05, 0.1) is 43.4 Å². The Labute approximate surface area is 195 Å². The van der Waals surface area contributed by atoms with Crippen LogP contribution in [0, 0.1) is 13.8 Å². The number of carbonyl (C=O) groups is 1. The SMILES string of the molecule is C=C(c1c(C)c(C(=O)OC(C)C)cc2cc(-c3cc(C)cc(OC)c3)cn12)N1CCOCC1. The molecule has 0 unspecified atom stereocenters. The largest absolute Gasteiger partial charge is 0.497 e. The highest BCUT2D eigenvalue weighted by atomic mass is 16.5. The zero-order valence-corrected chi connectivity index (χ0v) is 20.1. The van der Waals surface area contributed by atoms with E-state index < -0.39 is 0 Å². The van der Waals surface area contributed by atoms with Crippen molar-refractivity contribution in [2.45, 2.75) is 33.8 Å². The van der Waals surface area contributed by atoms with Crippen LogP contribution < -0.4 is 4.74 Å². The number of aryl methyl sites for hydroxylation is 1. The Bertz CT molecular complexity index is 1200. The van der Waals surface area contributed by atoms with Gasteiger partial charge in [0.25, 0.3) is 0 Å². The van der Waals surface area contributed by atoms with E-state index in [1.54, 1.807) is 7.11 Å². The van der Waals surface area contributed by atoms with Gasteiger partial charge in [-0.15, -0.1) is 0 Å². The van der Waals surface area contributed by atoms with Gasteiger partial charge in [0.2, 0.25) is 0 Å². The van der Waals surface area contributed by atoms with Crippen LogP contribution in [0.15, 0.2) is 43.1 Å². The highest BCUT2D eigenvalue weighted by Gasteiger charge is 2.23. The fourth-order valence-electron chi connectivity index (χ4n) is 4.37. The van der Waals surface area contributed by atoms with Gasteiger partial charge in [0.1, 0.15) is 5.75 Å². The van der Waals surface area contributed by atoms with E-state index in [0.29, 0.717) is 18.8 Å². The minimum Gasteiger partial charge on any atom is -0.497 e. The molecule has 6 heteroatoms. The van der Waals surface area contributed by atoms with Crippen LogP contribution in [0.4, 0.5) is 0 Å². The normalized spacial score (nSPS) is 14.1. The number of esters is 1. The molecule has 0 amide bonds. The fourth-order valence-corrected chi connectivity index (χ4v) is 4.37. The fraction of sp³-hybridized carbons (Fsp3) is 0.370. The number of benzene rings is 1. The van der Waals surface area contributed by atoms with Crippen molar-refractivity contribution in [2.75, 3.05) is 33.4 Å². The van der Waals surface area contributed by atoms with Gasteiger partial charge < -0.3 is 23.5 Å². The summed E-state index contributed by atoms with van der Waals surface area (Å²) in [5.41, 5.74) is 7.34. The van der Waals surface area contributed by atoms with E-state index >= 15 is 0 Å². The maximum Gasteiger partial charge on any atom is 0.338 e. The average Bonchev–Trinajstić information content (AvgIpc) is 3.21. The molecule has 1 aliphatic rings. The van der Waals surface area contributed by atoms with Crippen molar-refractivity contribution in [1.82, 2.24) is 9.30 Å². The van der Waals surface area contributed by atoms with E-state index in [9.17, 15) is 4.79 Å². The first-order valence-electron chi connectivity index (χ1n) is 11.3. The molecule has 33 heavy (non-hydrogen) atoms. The number of morpholine rings is 1. The Morgan fingerprint density at radius 3 is 2.45 bits per heavy atom. The third kappa shape index (κ3) is 4.62. The number of hydrogen-bond acceptors (Lipinski definition) is 5. The molecule has 174 valence electrons. The lowest BCUT2D eigenvalue weighted by molar-refractivity contribution is 0.0377. The summed E-state index contributed by atoms with van der Waals surface area (Å²) in [6.45, 7) is 15.0. The lowest BCUT2D eigenvalue weighted by Gasteiger charge is -2.31. The molecule has 0 saturated carbocycles. The van der Waals surface area contributed by atoms with E-state index in [4.69, 9.17) is 14.2 Å². The minimum atomic E-state index is -0.319. The molecule has 0 spiro atoms. The monoisotopic (exact) mass is 448 g/mol. The van der Waals surface area contributed by atoms with Gasteiger partial charge in [0, 0.05) is 30.4 Å². The van der Waals surface area contributed by atoms with Crippen molar-refractivity contribution in [3.05, 3.63) is 65.5 Å². The second kappa shape index (κ2) is 9.32. The van der Waals surface area contributed by atoms with E-state index in [-0.39, 0.29) is 12.1 Å². The van der Waals surface area contributed by atoms with Gasteiger partial charge in [-0.2, -0.15) is 0 Å². The molecule has 0 atom stereocenters. The van der Waals surface area contributed by atoms with E-state index in [1.807, 2.05) is 39.0 Å². The Kier molecular flexibility index (Phi) is 6.47. The summed E-state index contributed by atoms with van der Waals surface area (Å²) >= 11 is 0. The zero-order chi connectivity index (χ0) is 23.7. The summed E-state index contributed by atoms with van der Waals surface area (Å²) in [4.78, 5) is 15.2. The molecule has 1 aliphatic heterocycles. The highest BCUT2D eigenvalue weighted by Crippen LogP contribution is 2.33. The quantitative estimate of drug-likeness (QED) is 0.491. The van der Waals surface area contributed by atoms with Crippen LogP contribution in [0.1, 0.15) is 41.0 Å². The molecule has 1 aromatic carbocycles. The molecule has 6 nitrogen and oxygen atoms in total. The second-order valence-corrected chi connectivity index (χ2v) is 8.79. The molecular formula is C27H32N2O4. The summed E-state index contributed by atoms with van der Waals surface area (Å²) < 4.78 is 18.7. The van der Waals surface area contributed by atoms with E-state index in [0.717, 1.165) is 58.0 Å². The summed E-state index contributed by atoms with van der Waals surface area (Å²) in [6, 6.07) is 10.2. The Balaban J connectivity index is 1.90. The van der Waals surface area contributed by atoms with Gasteiger partial charge in [-0.05, 0) is 68.7 Å². The van der Waals surface area contributed by atoms with Gasteiger partial charge >= 0.3 is 5.97 Å². The predicted molar refractivity (Wildman–Crippen MR) is 131 cm³/mol. The highest BCUT2D eigenvalue weighted by molar-refractivity contribution is 5.94. The van der Waals surface area contributed by atoms with Crippen molar-refractivity contribution in [1.29, 1.82) is 0 Å². The molecule has 0 bridgehead atoms. The standard InChI is InChI=1S/C27H32N2O4/c1-17(2)33-27(30)25-15-23-13-22(21-11-18(3)12-24(14-21)31-6)16-29(23)26(19(25)4)20(5)28-7-9-32-10-8-28/h11-17H,5,7-10H2,1-4,6H3. The predicted octanol–water partition coefficient (Wildman–Crippen LogP) is 5.10. The molecule has 3 aromatic rings. The van der Waals surface area contributed by atoms with Crippen molar-refractivity contribution in [2.24, 2.45) is 0 Å². The van der Waals surface area contributed by atoms with Gasteiger partial charge in [-0.1, -0.05) is 12.6 Å². The Morgan fingerprint density at radius 2 is 1.79 bits per heavy atom. The first-order valence-corrected chi connectivity index (χ1v) is 11.3. The van der Waals surface area contributed by atoms with Crippen LogP contribution in [0.5, 0.6) is 5.75 Å². The maximum atomic E-state index is 13.0. The minimum absolute atomic E-state index is 0.193. The topological polar surface area (TPSA) is 52.4 Å². The number of fused-ring (bicyclic) bond motifs is 1. The van der Waals surface area contributed by atoms with Gasteiger partial charge in [-0.25, -0.2) is 4.79 Å². The average molecular weight is 449 g/mol. The molecular weight excluding hydrogens is 416 g/mol. The van der Waals surface area contributed by atoms with Crippen LogP contribution in [-0.4, -0.2) is 54.8 Å². The molecule has 3 heterocycles. The maximum absolute atomic E-state index is 13.0. The summed E-state index contributed by atoms with van der Waals surface area (Å²) in [5.74, 6) is 0.497. The molecule has 0 radical (unpaired) electrons. The number of methoxy groups -OCH3 is 1. The summed E-state index contributed by atoms with van der Waals surface area (Å²) in [6.07, 6.45) is 1.91. The van der Waals surface area contributed by atoms with Crippen molar-refractivity contribution in [3.8, 4) is 16.9 Å². The number of nitrogens with zero attached hydrogens (tertiary/aromatic N) is 2. The molecule has 0 aliphatic carbocycles. The molecule has 1 saturated heterocycles. The van der Waals surface area contributed by atoms with Crippen LogP contribution in [0.25, 0.3) is 22.3 Å². The van der Waals surface area contributed by atoms with Crippen molar-refractivity contribution < 1.29 is 19.0 Å². The van der Waals surface area contributed by atoms with Gasteiger partial charge in [0.15, 0.2) is 0 Å². The zero-order valence-electron chi connectivity index (χ0n) is 20.1. The van der Waals surface area contributed by atoms with Crippen LogP contribution in [-0.2, 0) is 9.47 Å². The van der Waals surface area contributed by atoms with Gasteiger partial charge in [-0.3, -0.25) is 0 Å². The molecule has 4 rings (SSSR count). The Hall–Kier alpha value is -3.25. The smallest absolute Gasteiger partial charge is 0.338 e. The Morgan fingerprint density at radius 1 is 1.06 bits per heavy atom. The second-order valence-electron chi connectivity index (χ2n) is 8.79. The lowest BCUT2D eigenvalue weighted by atomic mass is 10.0. The first kappa shape index (κ1) is 22.9. The summed E-state index contributed by atoms with van der Waals surface area (Å²) in [7, 11) is 1.68. The third-order valence-electron chi connectivity index (χ3n) is 5.99. The van der Waals surface area contributed by atoms with Crippen LogP contribution >= 0.6 is 0 Å². The number of aromatic nitrogens is 1. The molecule has 0 N–H and O–H groups in total. The van der Waals surface area contributed by atoms with Crippen LogP contribution in [0.2, 0.25) is 0 Å². The third-order valence-corrected chi connectivity index (χ3v) is 5.99.